The predicted octanol–water partition coefficient (Wildman–Crippen LogP) is 5.09. The standard InChI is InChI=1S/C16H17BrClNO/c1-10-7-13(17)4-6-15(10)20-16-9-14(18)5-3-12(16)8-11(2)19/h3-7,9,11H,8,19H2,1-2H3. The summed E-state index contributed by atoms with van der Waals surface area (Å²) in [6, 6.07) is 11.7. The van der Waals surface area contributed by atoms with Crippen molar-refractivity contribution in [2.45, 2.75) is 26.3 Å². The fraction of sp³-hybridized carbons (Fsp3) is 0.250. The Bertz CT molecular complexity index is 613. The van der Waals surface area contributed by atoms with Crippen LogP contribution in [0.4, 0.5) is 0 Å². The molecule has 2 N–H and O–H groups in total. The summed E-state index contributed by atoms with van der Waals surface area (Å²) in [4.78, 5) is 0. The molecule has 0 aliphatic heterocycles. The zero-order valence-electron chi connectivity index (χ0n) is 11.5. The van der Waals surface area contributed by atoms with E-state index in [1.807, 2.05) is 50.2 Å². The highest BCUT2D eigenvalue weighted by Crippen LogP contribution is 2.32. The quantitative estimate of drug-likeness (QED) is 0.829. The monoisotopic (exact) mass is 353 g/mol. The van der Waals surface area contributed by atoms with Crippen LogP contribution in [-0.2, 0) is 6.42 Å². The maximum atomic E-state index is 6.07. The summed E-state index contributed by atoms with van der Waals surface area (Å²) in [6.07, 6.45) is 0.752. The molecule has 106 valence electrons. The third-order valence-corrected chi connectivity index (χ3v) is 3.66. The lowest BCUT2D eigenvalue weighted by Gasteiger charge is -2.15. The second-order valence-corrected chi connectivity index (χ2v) is 6.30. The van der Waals surface area contributed by atoms with E-state index < -0.39 is 0 Å². The normalized spacial score (nSPS) is 12.2. The van der Waals surface area contributed by atoms with E-state index in [1.165, 1.54) is 0 Å². The Morgan fingerprint density at radius 1 is 1.20 bits per heavy atom. The van der Waals surface area contributed by atoms with Gasteiger partial charge in [-0.05, 0) is 61.7 Å². The van der Waals surface area contributed by atoms with Gasteiger partial charge in [-0.1, -0.05) is 33.6 Å². The van der Waals surface area contributed by atoms with E-state index in [4.69, 9.17) is 22.1 Å². The van der Waals surface area contributed by atoms with Crippen molar-refractivity contribution in [3.8, 4) is 11.5 Å². The van der Waals surface area contributed by atoms with Crippen molar-refractivity contribution in [1.29, 1.82) is 0 Å². The van der Waals surface area contributed by atoms with Crippen LogP contribution < -0.4 is 10.5 Å². The molecule has 0 aliphatic carbocycles. The fourth-order valence-electron chi connectivity index (χ4n) is 1.98. The number of halogens is 2. The number of ether oxygens (including phenoxy) is 1. The molecule has 0 fully saturated rings. The molecule has 0 aromatic heterocycles. The van der Waals surface area contributed by atoms with Gasteiger partial charge in [0.25, 0.3) is 0 Å². The van der Waals surface area contributed by atoms with Crippen LogP contribution in [0.5, 0.6) is 11.5 Å². The molecule has 2 nitrogen and oxygen atoms in total. The van der Waals surface area contributed by atoms with E-state index in [1.54, 1.807) is 0 Å². The molecule has 4 heteroatoms. The zero-order chi connectivity index (χ0) is 14.7. The van der Waals surface area contributed by atoms with E-state index in [9.17, 15) is 0 Å². The number of benzene rings is 2. The van der Waals surface area contributed by atoms with Crippen LogP contribution in [0.1, 0.15) is 18.1 Å². The molecule has 0 saturated carbocycles. The smallest absolute Gasteiger partial charge is 0.132 e. The molecule has 0 amide bonds. The zero-order valence-corrected chi connectivity index (χ0v) is 13.8. The number of hydrogen-bond donors (Lipinski definition) is 1. The van der Waals surface area contributed by atoms with Crippen LogP contribution in [0.15, 0.2) is 40.9 Å². The van der Waals surface area contributed by atoms with Crippen molar-refractivity contribution >= 4 is 27.5 Å². The Balaban J connectivity index is 2.34. The number of rotatable bonds is 4. The first-order valence-electron chi connectivity index (χ1n) is 6.43. The van der Waals surface area contributed by atoms with Gasteiger partial charge in [-0.15, -0.1) is 0 Å². The topological polar surface area (TPSA) is 35.2 Å². The van der Waals surface area contributed by atoms with Crippen LogP contribution >= 0.6 is 27.5 Å². The average molecular weight is 355 g/mol. The van der Waals surface area contributed by atoms with Crippen LogP contribution in [0.25, 0.3) is 0 Å². The van der Waals surface area contributed by atoms with Crippen LogP contribution in [-0.4, -0.2) is 6.04 Å². The Hall–Kier alpha value is -1.03. The van der Waals surface area contributed by atoms with Crippen molar-refractivity contribution < 1.29 is 4.74 Å². The van der Waals surface area contributed by atoms with E-state index in [2.05, 4.69) is 15.9 Å². The maximum absolute atomic E-state index is 6.07. The highest BCUT2D eigenvalue weighted by atomic mass is 79.9. The molecule has 0 radical (unpaired) electrons. The first-order valence-corrected chi connectivity index (χ1v) is 7.61. The largest absolute Gasteiger partial charge is 0.457 e. The molecule has 1 atom stereocenters. The second-order valence-electron chi connectivity index (χ2n) is 4.95. The predicted molar refractivity (Wildman–Crippen MR) is 87.8 cm³/mol. The van der Waals surface area contributed by atoms with Gasteiger partial charge in [-0.2, -0.15) is 0 Å². The van der Waals surface area contributed by atoms with Gasteiger partial charge >= 0.3 is 0 Å². The van der Waals surface area contributed by atoms with Crippen molar-refractivity contribution in [2.24, 2.45) is 5.73 Å². The van der Waals surface area contributed by atoms with E-state index in [0.29, 0.717) is 5.02 Å². The molecule has 1 unspecified atom stereocenters. The van der Waals surface area contributed by atoms with Crippen molar-refractivity contribution in [2.75, 3.05) is 0 Å². The van der Waals surface area contributed by atoms with Crippen LogP contribution in [0, 0.1) is 6.92 Å². The molecule has 20 heavy (non-hydrogen) atoms. The molecular formula is C16H17BrClNO. The lowest BCUT2D eigenvalue weighted by molar-refractivity contribution is 0.470. The Morgan fingerprint density at radius 3 is 2.60 bits per heavy atom. The summed E-state index contributed by atoms with van der Waals surface area (Å²) in [7, 11) is 0. The molecule has 0 heterocycles. The van der Waals surface area contributed by atoms with Crippen molar-refractivity contribution in [3.05, 3.63) is 57.0 Å². The van der Waals surface area contributed by atoms with E-state index in [-0.39, 0.29) is 6.04 Å². The van der Waals surface area contributed by atoms with Gasteiger partial charge in [0.05, 0.1) is 0 Å². The fourth-order valence-corrected chi connectivity index (χ4v) is 2.62. The first-order chi connectivity index (χ1) is 9.45. The molecule has 0 saturated heterocycles. The number of hydrogen-bond acceptors (Lipinski definition) is 2. The summed E-state index contributed by atoms with van der Waals surface area (Å²) in [6.45, 7) is 3.99. The molecule has 2 aromatic rings. The summed E-state index contributed by atoms with van der Waals surface area (Å²) >= 11 is 9.51. The first kappa shape index (κ1) is 15.4. The third-order valence-electron chi connectivity index (χ3n) is 2.93. The van der Waals surface area contributed by atoms with Gasteiger partial charge < -0.3 is 10.5 Å². The van der Waals surface area contributed by atoms with E-state index in [0.717, 1.165) is 33.5 Å². The van der Waals surface area contributed by atoms with Crippen molar-refractivity contribution in [3.63, 3.8) is 0 Å². The minimum Gasteiger partial charge on any atom is -0.457 e. The van der Waals surface area contributed by atoms with Crippen LogP contribution in [0.3, 0.4) is 0 Å². The summed E-state index contributed by atoms with van der Waals surface area (Å²) in [5, 5.41) is 0.656. The van der Waals surface area contributed by atoms with Gasteiger partial charge in [-0.3, -0.25) is 0 Å². The Labute approximate surface area is 133 Å². The minimum atomic E-state index is 0.0736. The van der Waals surface area contributed by atoms with E-state index >= 15 is 0 Å². The van der Waals surface area contributed by atoms with Gasteiger partial charge in [0.1, 0.15) is 11.5 Å². The highest BCUT2D eigenvalue weighted by molar-refractivity contribution is 9.10. The number of aryl methyl sites for hydroxylation is 1. The van der Waals surface area contributed by atoms with Gasteiger partial charge in [0.2, 0.25) is 0 Å². The molecule has 2 rings (SSSR count). The maximum Gasteiger partial charge on any atom is 0.132 e. The third kappa shape index (κ3) is 3.98. The lowest BCUT2D eigenvalue weighted by Crippen LogP contribution is -2.18. The molecule has 2 aromatic carbocycles. The average Bonchev–Trinajstić information content (AvgIpc) is 2.35. The highest BCUT2D eigenvalue weighted by Gasteiger charge is 2.10. The second kappa shape index (κ2) is 6.61. The van der Waals surface area contributed by atoms with Gasteiger partial charge in [-0.25, -0.2) is 0 Å². The van der Waals surface area contributed by atoms with Crippen LogP contribution in [0.2, 0.25) is 5.02 Å². The van der Waals surface area contributed by atoms with Crippen molar-refractivity contribution in [1.82, 2.24) is 0 Å². The van der Waals surface area contributed by atoms with Gasteiger partial charge in [0.15, 0.2) is 0 Å². The number of nitrogens with two attached hydrogens (primary N) is 1. The summed E-state index contributed by atoms with van der Waals surface area (Å²) < 4.78 is 7.05. The molecular weight excluding hydrogens is 338 g/mol. The lowest BCUT2D eigenvalue weighted by atomic mass is 10.1. The summed E-state index contributed by atoms with van der Waals surface area (Å²) in [5.74, 6) is 1.58. The minimum absolute atomic E-state index is 0.0736. The molecule has 0 aliphatic rings. The molecule has 0 bridgehead atoms. The summed E-state index contributed by atoms with van der Waals surface area (Å²) in [5.41, 5.74) is 8.00. The molecule has 0 spiro atoms. The Kier molecular flexibility index (Phi) is 5.08. The van der Waals surface area contributed by atoms with Gasteiger partial charge in [0, 0.05) is 15.5 Å². The SMILES string of the molecule is Cc1cc(Br)ccc1Oc1cc(Cl)ccc1CC(C)N. The Morgan fingerprint density at radius 2 is 1.95 bits per heavy atom.